The summed E-state index contributed by atoms with van der Waals surface area (Å²) in [6.45, 7) is 1.81. The number of rotatable bonds is 4. The van der Waals surface area contributed by atoms with Crippen LogP contribution < -0.4 is 5.32 Å². The van der Waals surface area contributed by atoms with Crippen LogP contribution in [0.25, 0.3) is 11.4 Å². The van der Waals surface area contributed by atoms with Crippen molar-refractivity contribution in [1.29, 1.82) is 0 Å². The maximum absolute atomic E-state index is 14.3. The number of benzene rings is 1. The van der Waals surface area contributed by atoms with Crippen LogP contribution in [0.4, 0.5) is 23.2 Å². The molecule has 0 aliphatic rings. The highest BCUT2D eigenvalue weighted by Crippen LogP contribution is 2.30. The van der Waals surface area contributed by atoms with Crippen LogP contribution in [0, 0.1) is 5.82 Å². The van der Waals surface area contributed by atoms with Crippen molar-refractivity contribution in [2.24, 2.45) is 0 Å². The molecule has 2 aromatic heterocycles. The van der Waals surface area contributed by atoms with Crippen LogP contribution in [0.5, 0.6) is 0 Å². The Morgan fingerprint density at radius 2 is 1.96 bits per heavy atom. The van der Waals surface area contributed by atoms with Gasteiger partial charge < -0.3 is 9.84 Å². The van der Waals surface area contributed by atoms with Crippen molar-refractivity contribution in [2.45, 2.75) is 19.1 Å². The van der Waals surface area contributed by atoms with E-state index in [9.17, 15) is 17.6 Å². The molecule has 5 nitrogen and oxygen atoms in total. The Balaban J connectivity index is 1.80. The van der Waals surface area contributed by atoms with Gasteiger partial charge in [-0.15, -0.1) is 0 Å². The molecule has 3 rings (SSSR count). The zero-order valence-electron chi connectivity index (χ0n) is 12.9. The summed E-state index contributed by atoms with van der Waals surface area (Å²) in [6, 6.07) is 8.96. The zero-order valence-corrected chi connectivity index (χ0v) is 12.9. The molecule has 0 aliphatic heterocycles. The Bertz CT molecular complexity index is 864. The number of pyridine rings is 1. The highest BCUT2D eigenvalue weighted by atomic mass is 19.4. The first-order valence-electron chi connectivity index (χ1n) is 7.23. The van der Waals surface area contributed by atoms with Gasteiger partial charge in [0, 0.05) is 11.8 Å². The van der Waals surface area contributed by atoms with Gasteiger partial charge in [0.1, 0.15) is 5.82 Å². The van der Waals surface area contributed by atoms with Gasteiger partial charge in [-0.2, -0.15) is 18.2 Å². The molecule has 1 N–H and O–H groups in total. The molecule has 0 saturated heterocycles. The maximum Gasteiger partial charge on any atom is 0.471 e. The summed E-state index contributed by atoms with van der Waals surface area (Å²) in [7, 11) is 0. The van der Waals surface area contributed by atoms with Crippen molar-refractivity contribution >= 4 is 5.69 Å². The largest absolute Gasteiger partial charge is 0.471 e. The predicted molar refractivity (Wildman–Crippen MR) is 81.0 cm³/mol. The molecule has 3 aromatic rings. The molecule has 0 aliphatic carbocycles. The maximum atomic E-state index is 14.3. The summed E-state index contributed by atoms with van der Waals surface area (Å²) in [6.07, 6.45) is -3.12. The third-order valence-corrected chi connectivity index (χ3v) is 3.40. The number of hydrogen-bond donors (Lipinski definition) is 1. The molecule has 0 spiro atoms. The molecule has 9 heteroatoms. The molecule has 0 amide bonds. The van der Waals surface area contributed by atoms with Gasteiger partial charge in [-0.05, 0) is 37.3 Å². The fourth-order valence-corrected chi connectivity index (χ4v) is 2.17. The first-order valence-corrected chi connectivity index (χ1v) is 7.23. The number of anilines is 1. The standard InChI is InChI=1S/C16H12F4N4O/c1-9(12-4-2-3-7-21-12)22-13-6-5-10(8-11(13)17)14-23-15(25-24-14)16(18,19)20/h2-9,22H,1H3. The van der Waals surface area contributed by atoms with Crippen molar-refractivity contribution < 1.29 is 22.1 Å². The van der Waals surface area contributed by atoms with Crippen molar-refractivity contribution in [3.8, 4) is 11.4 Å². The highest BCUT2D eigenvalue weighted by Gasteiger charge is 2.38. The average molecular weight is 352 g/mol. The second-order valence-electron chi connectivity index (χ2n) is 5.24. The van der Waals surface area contributed by atoms with E-state index in [1.807, 2.05) is 13.0 Å². The summed E-state index contributed by atoms with van der Waals surface area (Å²) in [4.78, 5) is 7.40. The summed E-state index contributed by atoms with van der Waals surface area (Å²) < 4.78 is 55.8. The van der Waals surface area contributed by atoms with Gasteiger partial charge in [-0.3, -0.25) is 4.98 Å². The van der Waals surface area contributed by atoms with E-state index in [1.54, 1.807) is 18.3 Å². The van der Waals surface area contributed by atoms with Crippen molar-refractivity contribution in [2.75, 3.05) is 5.32 Å². The molecule has 1 atom stereocenters. The molecule has 1 aromatic carbocycles. The first-order chi connectivity index (χ1) is 11.8. The Morgan fingerprint density at radius 3 is 2.56 bits per heavy atom. The van der Waals surface area contributed by atoms with E-state index in [1.165, 1.54) is 12.1 Å². The Morgan fingerprint density at radius 1 is 1.16 bits per heavy atom. The minimum atomic E-state index is -4.75. The zero-order chi connectivity index (χ0) is 18.0. The number of halogens is 4. The molecule has 0 fully saturated rings. The number of nitrogens with zero attached hydrogens (tertiary/aromatic N) is 3. The van der Waals surface area contributed by atoms with Crippen molar-refractivity contribution in [3.05, 3.63) is 60.0 Å². The van der Waals surface area contributed by atoms with E-state index < -0.39 is 17.9 Å². The first kappa shape index (κ1) is 16.9. The van der Waals surface area contributed by atoms with Crippen LogP contribution in [0.1, 0.15) is 24.6 Å². The van der Waals surface area contributed by atoms with E-state index in [4.69, 9.17) is 0 Å². The molecule has 130 valence electrons. The molecular weight excluding hydrogens is 340 g/mol. The fraction of sp³-hybridized carbons (Fsp3) is 0.188. The lowest BCUT2D eigenvalue weighted by atomic mass is 10.1. The lowest BCUT2D eigenvalue weighted by Crippen LogP contribution is -2.09. The van der Waals surface area contributed by atoms with Crippen molar-refractivity contribution in [3.63, 3.8) is 0 Å². The van der Waals surface area contributed by atoms with Crippen LogP contribution in [0.2, 0.25) is 0 Å². The van der Waals surface area contributed by atoms with Gasteiger partial charge in [0.2, 0.25) is 5.82 Å². The van der Waals surface area contributed by atoms with Crippen LogP contribution in [0.3, 0.4) is 0 Å². The SMILES string of the molecule is CC(Nc1ccc(-c2noc(C(F)(F)F)n2)cc1F)c1ccccn1. The Labute approximate surface area is 139 Å². The van der Waals surface area contributed by atoms with E-state index in [0.29, 0.717) is 0 Å². The topological polar surface area (TPSA) is 63.8 Å². The van der Waals surface area contributed by atoms with Gasteiger partial charge in [0.15, 0.2) is 0 Å². The van der Waals surface area contributed by atoms with Crippen LogP contribution in [-0.2, 0) is 6.18 Å². The van der Waals surface area contributed by atoms with Gasteiger partial charge in [-0.25, -0.2) is 4.39 Å². The van der Waals surface area contributed by atoms with E-state index in [-0.39, 0.29) is 23.1 Å². The second kappa shape index (κ2) is 6.50. The van der Waals surface area contributed by atoms with Crippen LogP contribution >= 0.6 is 0 Å². The monoisotopic (exact) mass is 352 g/mol. The van der Waals surface area contributed by atoms with E-state index >= 15 is 0 Å². The molecule has 0 bridgehead atoms. The average Bonchev–Trinajstić information content (AvgIpc) is 3.08. The van der Waals surface area contributed by atoms with Crippen LogP contribution in [0.15, 0.2) is 47.1 Å². The van der Waals surface area contributed by atoms with Gasteiger partial charge >= 0.3 is 12.1 Å². The lowest BCUT2D eigenvalue weighted by Gasteiger charge is -2.15. The predicted octanol–water partition coefficient (Wildman–Crippen LogP) is 4.46. The normalized spacial score (nSPS) is 12.8. The van der Waals surface area contributed by atoms with Gasteiger partial charge in [0.05, 0.1) is 17.4 Å². The minimum absolute atomic E-state index is 0.0767. The minimum Gasteiger partial charge on any atom is -0.375 e. The third-order valence-electron chi connectivity index (χ3n) is 3.40. The number of hydrogen-bond acceptors (Lipinski definition) is 5. The molecule has 2 heterocycles. The summed E-state index contributed by atoms with van der Waals surface area (Å²) >= 11 is 0. The molecule has 0 radical (unpaired) electrons. The molecule has 25 heavy (non-hydrogen) atoms. The highest BCUT2D eigenvalue weighted by molar-refractivity contribution is 5.60. The molecule has 1 unspecified atom stereocenters. The van der Waals surface area contributed by atoms with E-state index in [0.717, 1.165) is 11.8 Å². The number of nitrogens with one attached hydrogen (secondary N) is 1. The Kier molecular flexibility index (Phi) is 4.39. The van der Waals surface area contributed by atoms with E-state index in [2.05, 4.69) is 25.0 Å². The summed E-state index contributed by atoms with van der Waals surface area (Å²) in [5, 5.41) is 6.18. The van der Waals surface area contributed by atoms with Gasteiger partial charge in [-0.1, -0.05) is 11.2 Å². The second-order valence-corrected chi connectivity index (χ2v) is 5.24. The summed E-state index contributed by atoms with van der Waals surface area (Å²) in [5.41, 5.74) is 0.980. The Hall–Kier alpha value is -2.97. The van der Waals surface area contributed by atoms with Gasteiger partial charge in [0.25, 0.3) is 0 Å². The number of aromatic nitrogens is 3. The molecule has 0 saturated carbocycles. The lowest BCUT2D eigenvalue weighted by molar-refractivity contribution is -0.159. The number of alkyl halides is 3. The quantitative estimate of drug-likeness (QED) is 0.702. The smallest absolute Gasteiger partial charge is 0.375 e. The third kappa shape index (κ3) is 3.76. The van der Waals surface area contributed by atoms with Crippen LogP contribution in [-0.4, -0.2) is 15.1 Å². The van der Waals surface area contributed by atoms with Crippen molar-refractivity contribution in [1.82, 2.24) is 15.1 Å². The fourth-order valence-electron chi connectivity index (χ4n) is 2.17. The molecular formula is C16H12F4N4O. The summed E-state index contributed by atoms with van der Waals surface area (Å²) in [5.74, 6) is -2.47.